The number of thiazole rings is 1. The first-order valence-corrected chi connectivity index (χ1v) is 11.3. The Morgan fingerprint density at radius 3 is 2.60 bits per heavy atom. The lowest BCUT2D eigenvalue weighted by Gasteiger charge is -2.32. The quantitative estimate of drug-likeness (QED) is 0.306. The molecule has 1 aromatic carbocycles. The Morgan fingerprint density at radius 1 is 1.23 bits per heavy atom. The molecule has 0 radical (unpaired) electrons. The number of hydrogen-bond donors (Lipinski definition) is 2. The summed E-state index contributed by atoms with van der Waals surface area (Å²) >= 11 is 1.72. The number of rotatable bonds is 7. The number of nitrogens with zero attached hydrogens (tertiary/aromatic N) is 3. The molecule has 0 spiro atoms. The molecular weight excluding hydrogens is 512 g/mol. The Labute approximate surface area is 200 Å². The summed E-state index contributed by atoms with van der Waals surface area (Å²) in [6.45, 7) is 11.3. The van der Waals surface area contributed by atoms with E-state index in [-0.39, 0.29) is 29.8 Å². The van der Waals surface area contributed by atoms with Gasteiger partial charge in [-0.15, -0.1) is 35.3 Å². The van der Waals surface area contributed by atoms with E-state index in [4.69, 9.17) is 4.99 Å². The maximum Gasteiger partial charge on any atom is 0.191 e. The Bertz CT molecular complexity index is 798. The topological polar surface area (TPSA) is 52.6 Å². The number of aliphatic imine (C=N–C) groups is 1. The first-order chi connectivity index (χ1) is 14.0. The summed E-state index contributed by atoms with van der Waals surface area (Å²) < 4.78 is 13.9. The van der Waals surface area contributed by atoms with Crippen molar-refractivity contribution in [1.82, 2.24) is 20.5 Å². The minimum Gasteiger partial charge on any atom is -0.357 e. The summed E-state index contributed by atoms with van der Waals surface area (Å²) in [4.78, 5) is 12.9. The van der Waals surface area contributed by atoms with Crippen LogP contribution in [0.1, 0.15) is 40.9 Å². The van der Waals surface area contributed by atoms with Crippen LogP contribution >= 0.6 is 35.3 Å². The molecule has 2 heterocycles. The summed E-state index contributed by atoms with van der Waals surface area (Å²) in [6, 6.07) is 7.08. The minimum absolute atomic E-state index is 0. The van der Waals surface area contributed by atoms with Gasteiger partial charge in [0, 0.05) is 30.1 Å². The van der Waals surface area contributed by atoms with Crippen molar-refractivity contribution in [3.8, 4) is 0 Å². The fourth-order valence-electron chi connectivity index (χ4n) is 3.55. The molecule has 1 saturated heterocycles. The predicted molar refractivity (Wildman–Crippen MR) is 134 cm³/mol. The molecular formula is C22H33FIN5S. The van der Waals surface area contributed by atoms with Gasteiger partial charge in [-0.2, -0.15) is 0 Å². The van der Waals surface area contributed by atoms with Crippen LogP contribution < -0.4 is 10.6 Å². The van der Waals surface area contributed by atoms with E-state index in [1.807, 2.05) is 19.1 Å². The molecule has 30 heavy (non-hydrogen) atoms. The number of likely N-dealkylation sites (tertiary alicyclic amines) is 1. The van der Waals surface area contributed by atoms with Crippen LogP contribution in [0.25, 0.3) is 0 Å². The fourth-order valence-corrected chi connectivity index (χ4v) is 4.41. The highest BCUT2D eigenvalue weighted by atomic mass is 127. The second-order valence-electron chi connectivity index (χ2n) is 7.64. The lowest BCUT2D eigenvalue weighted by molar-refractivity contribution is 0.176. The molecule has 8 heteroatoms. The molecule has 1 aromatic heterocycles. The van der Waals surface area contributed by atoms with Gasteiger partial charge >= 0.3 is 0 Å². The van der Waals surface area contributed by atoms with Crippen molar-refractivity contribution in [2.45, 2.75) is 46.7 Å². The molecule has 1 aliphatic rings. The van der Waals surface area contributed by atoms with Crippen LogP contribution in [0.5, 0.6) is 0 Å². The van der Waals surface area contributed by atoms with Crippen molar-refractivity contribution < 1.29 is 4.39 Å². The zero-order chi connectivity index (χ0) is 20.6. The van der Waals surface area contributed by atoms with Crippen molar-refractivity contribution in [2.75, 3.05) is 26.2 Å². The zero-order valence-electron chi connectivity index (χ0n) is 18.1. The highest BCUT2D eigenvalue weighted by Crippen LogP contribution is 2.20. The van der Waals surface area contributed by atoms with E-state index in [1.54, 1.807) is 23.5 Å². The van der Waals surface area contributed by atoms with Crippen LogP contribution in [0, 0.1) is 25.6 Å². The summed E-state index contributed by atoms with van der Waals surface area (Å²) in [7, 11) is 0. The zero-order valence-corrected chi connectivity index (χ0v) is 21.2. The molecule has 0 bridgehead atoms. The van der Waals surface area contributed by atoms with Gasteiger partial charge in [-0.05, 0) is 58.7 Å². The molecule has 0 amide bonds. The molecule has 0 atom stereocenters. The van der Waals surface area contributed by atoms with Crippen molar-refractivity contribution in [2.24, 2.45) is 10.9 Å². The van der Waals surface area contributed by atoms with E-state index in [1.165, 1.54) is 4.88 Å². The van der Waals surface area contributed by atoms with Gasteiger partial charge in [0.25, 0.3) is 0 Å². The maximum atomic E-state index is 13.9. The maximum absolute atomic E-state index is 13.9. The molecule has 2 N–H and O–H groups in total. The van der Waals surface area contributed by atoms with E-state index in [2.05, 4.69) is 34.4 Å². The largest absolute Gasteiger partial charge is 0.357 e. The molecule has 2 aromatic rings. The molecule has 166 valence electrons. The third-order valence-corrected chi connectivity index (χ3v) is 6.46. The van der Waals surface area contributed by atoms with Gasteiger partial charge in [-0.1, -0.05) is 18.2 Å². The number of aryl methyl sites for hydroxylation is 2. The average Bonchev–Trinajstić information content (AvgIpc) is 3.04. The van der Waals surface area contributed by atoms with E-state index in [0.717, 1.165) is 61.2 Å². The first kappa shape index (κ1) is 25.0. The number of piperidine rings is 1. The van der Waals surface area contributed by atoms with Gasteiger partial charge in [0.1, 0.15) is 10.8 Å². The number of guanidine groups is 1. The predicted octanol–water partition coefficient (Wildman–Crippen LogP) is 4.48. The SMILES string of the molecule is CCNC(=NCc1nc(C)c(C)s1)NCC1CCN(Cc2ccccc2F)CC1.I. The Balaban J connectivity index is 0.00000320. The number of nitrogens with one attached hydrogen (secondary N) is 2. The molecule has 0 unspecified atom stereocenters. The molecule has 1 aliphatic heterocycles. The van der Waals surface area contributed by atoms with Gasteiger partial charge in [0.15, 0.2) is 5.96 Å². The van der Waals surface area contributed by atoms with Gasteiger partial charge in [-0.25, -0.2) is 14.4 Å². The molecule has 5 nitrogen and oxygen atoms in total. The van der Waals surface area contributed by atoms with E-state index in [0.29, 0.717) is 19.0 Å². The number of hydrogen-bond acceptors (Lipinski definition) is 4. The Hall–Kier alpha value is -1.26. The van der Waals surface area contributed by atoms with Crippen molar-refractivity contribution in [3.63, 3.8) is 0 Å². The highest BCUT2D eigenvalue weighted by molar-refractivity contribution is 14.0. The smallest absolute Gasteiger partial charge is 0.191 e. The summed E-state index contributed by atoms with van der Waals surface area (Å²) in [6.07, 6.45) is 2.23. The normalized spacial score (nSPS) is 15.7. The second kappa shape index (κ2) is 12.6. The lowest BCUT2D eigenvalue weighted by atomic mass is 9.96. The lowest BCUT2D eigenvalue weighted by Crippen LogP contribution is -2.42. The molecule has 0 aliphatic carbocycles. The Kier molecular flexibility index (Phi) is 10.5. The number of halogens is 2. The van der Waals surface area contributed by atoms with Crippen LogP contribution in [0.15, 0.2) is 29.3 Å². The third-order valence-electron chi connectivity index (χ3n) is 5.41. The monoisotopic (exact) mass is 545 g/mol. The van der Waals surface area contributed by atoms with Gasteiger partial charge in [0.05, 0.1) is 12.2 Å². The average molecular weight is 546 g/mol. The van der Waals surface area contributed by atoms with Crippen LogP contribution in [-0.4, -0.2) is 42.0 Å². The van der Waals surface area contributed by atoms with E-state index in [9.17, 15) is 4.39 Å². The van der Waals surface area contributed by atoms with Crippen LogP contribution in [0.2, 0.25) is 0 Å². The summed E-state index contributed by atoms with van der Waals surface area (Å²) in [5, 5.41) is 7.87. The minimum atomic E-state index is -0.103. The fraction of sp³-hybridized carbons (Fsp3) is 0.545. The molecule has 3 rings (SSSR count). The van der Waals surface area contributed by atoms with Gasteiger partial charge in [0.2, 0.25) is 0 Å². The second-order valence-corrected chi connectivity index (χ2v) is 8.92. The van der Waals surface area contributed by atoms with E-state index >= 15 is 0 Å². The number of benzene rings is 1. The third kappa shape index (κ3) is 7.46. The van der Waals surface area contributed by atoms with Crippen molar-refractivity contribution >= 4 is 41.3 Å². The summed E-state index contributed by atoms with van der Waals surface area (Å²) in [5.41, 5.74) is 1.89. The van der Waals surface area contributed by atoms with Crippen LogP contribution in [0.4, 0.5) is 4.39 Å². The standard InChI is InChI=1S/C22H32FN5S.HI/c1-4-24-22(26-14-21-27-16(2)17(3)29-21)25-13-18-9-11-28(12-10-18)15-19-7-5-6-8-20(19)23;/h5-8,18H,4,9-15H2,1-3H3,(H2,24,25,26);1H. The number of aromatic nitrogens is 1. The van der Waals surface area contributed by atoms with Crippen LogP contribution in [-0.2, 0) is 13.1 Å². The highest BCUT2D eigenvalue weighted by Gasteiger charge is 2.20. The molecule has 0 saturated carbocycles. The Morgan fingerprint density at radius 2 is 1.97 bits per heavy atom. The molecule has 1 fully saturated rings. The van der Waals surface area contributed by atoms with Gasteiger partial charge < -0.3 is 10.6 Å². The van der Waals surface area contributed by atoms with E-state index < -0.39 is 0 Å². The van der Waals surface area contributed by atoms with Crippen molar-refractivity contribution in [3.05, 3.63) is 51.2 Å². The van der Waals surface area contributed by atoms with Crippen molar-refractivity contribution in [1.29, 1.82) is 0 Å². The summed E-state index contributed by atoms with van der Waals surface area (Å²) in [5.74, 6) is 1.36. The van der Waals surface area contributed by atoms with Crippen LogP contribution in [0.3, 0.4) is 0 Å². The first-order valence-electron chi connectivity index (χ1n) is 10.5. The van der Waals surface area contributed by atoms with Gasteiger partial charge in [-0.3, -0.25) is 4.90 Å².